The van der Waals surface area contributed by atoms with E-state index in [4.69, 9.17) is 11.6 Å². The summed E-state index contributed by atoms with van der Waals surface area (Å²) in [5.41, 5.74) is -1.47. The van der Waals surface area contributed by atoms with Crippen molar-refractivity contribution >= 4 is 27.3 Å². The lowest BCUT2D eigenvalue weighted by Crippen LogP contribution is -2.25. The summed E-state index contributed by atoms with van der Waals surface area (Å²) >= 11 is 5.66. The highest BCUT2D eigenvalue weighted by molar-refractivity contribution is 7.89. The van der Waals surface area contributed by atoms with Crippen molar-refractivity contribution in [2.24, 2.45) is 0 Å². The van der Waals surface area contributed by atoms with Gasteiger partial charge in [0.15, 0.2) is 11.5 Å². The van der Waals surface area contributed by atoms with Gasteiger partial charge in [-0.1, -0.05) is 11.6 Å². The molecule has 21 heavy (non-hydrogen) atoms. The van der Waals surface area contributed by atoms with Crippen molar-refractivity contribution in [3.05, 3.63) is 28.7 Å². The lowest BCUT2D eigenvalue weighted by Gasteiger charge is -2.09. The molecule has 0 saturated carbocycles. The first-order chi connectivity index (χ1) is 9.64. The minimum Gasteiger partial charge on any atom is -0.283 e. The van der Waals surface area contributed by atoms with E-state index in [0.29, 0.717) is 0 Å². The maximum atomic E-state index is 12.9. The summed E-state index contributed by atoms with van der Waals surface area (Å²) < 4.78 is 64.6. The molecule has 116 valence electrons. The third-order valence-corrected chi connectivity index (χ3v) is 4.23. The molecule has 0 radical (unpaired) electrons. The van der Waals surface area contributed by atoms with Gasteiger partial charge in [0, 0.05) is 6.20 Å². The fourth-order valence-corrected chi connectivity index (χ4v) is 2.37. The Morgan fingerprint density at radius 2 is 2.05 bits per heavy atom. The van der Waals surface area contributed by atoms with Gasteiger partial charge in [0.1, 0.15) is 5.56 Å². The highest BCUT2D eigenvalue weighted by atomic mass is 35.5. The number of nitrogens with one attached hydrogen (secondary N) is 1. The average Bonchev–Trinajstić information content (AvgIpc) is 2.77. The Hall–Kier alpha value is -1.39. The highest BCUT2D eigenvalue weighted by Gasteiger charge is 2.35. The first-order valence-electron chi connectivity index (χ1n) is 5.71. The van der Waals surface area contributed by atoms with Crippen LogP contribution in [0.1, 0.15) is 18.3 Å². The van der Waals surface area contributed by atoms with Gasteiger partial charge in [-0.15, -0.1) is 10.2 Å². The first kappa shape index (κ1) is 16.0. The number of sulfonamides is 1. The average molecular weight is 343 g/mol. The molecule has 2 aromatic rings. The van der Waals surface area contributed by atoms with Gasteiger partial charge < -0.3 is 0 Å². The molecular weight excluding hydrogens is 333 g/mol. The van der Waals surface area contributed by atoms with E-state index in [-0.39, 0.29) is 23.1 Å². The number of aromatic nitrogens is 3. The predicted molar refractivity (Wildman–Crippen MR) is 69.3 cm³/mol. The van der Waals surface area contributed by atoms with E-state index < -0.39 is 27.4 Å². The molecule has 0 unspecified atom stereocenters. The first-order valence-corrected chi connectivity index (χ1v) is 7.75. The molecule has 0 aliphatic heterocycles. The molecule has 2 heterocycles. The van der Waals surface area contributed by atoms with Crippen molar-refractivity contribution in [1.29, 1.82) is 0 Å². The quantitative estimate of drug-likeness (QED) is 0.920. The molecule has 0 aliphatic rings. The second-order valence-corrected chi connectivity index (χ2v) is 6.64. The van der Waals surface area contributed by atoms with Crippen LogP contribution in [0, 0.1) is 0 Å². The van der Waals surface area contributed by atoms with Crippen LogP contribution >= 0.6 is 11.6 Å². The van der Waals surface area contributed by atoms with E-state index in [0.717, 1.165) is 10.5 Å². The molecule has 11 heteroatoms. The maximum absolute atomic E-state index is 12.9. The lowest BCUT2D eigenvalue weighted by molar-refractivity contribution is -0.136. The minimum atomic E-state index is -4.64. The number of pyridine rings is 1. The van der Waals surface area contributed by atoms with Crippen LogP contribution in [0.3, 0.4) is 0 Å². The van der Waals surface area contributed by atoms with Crippen LogP contribution in [0.25, 0.3) is 5.65 Å². The second kappa shape index (κ2) is 5.43. The number of fused-ring (bicyclic) bond motifs is 1. The number of rotatable bonds is 4. The van der Waals surface area contributed by atoms with E-state index in [9.17, 15) is 21.6 Å². The molecule has 2 aromatic heterocycles. The molecule has 0 aliphatic carbocycles. The van der Waals surface area contributed by atoms with Gasteiger partial charge in [0.05, 0.1) is 17.3 Å². The number of alkyl halides is 3. The van der Waals surface area contributed by atoms with E-state index in [1.54, 1.807) is 0 Å². The van der Waals surface area contributed by atoms with Crippen molar-refractivity contribution in [3.8, 4) is 0 Å². The number of nitrogens with zero attached hydrogens (tertiary/aromatic N) is 3. The monoisotopic (exact) mass is 342 g/mol. The van der Waals surface area contributed by atoms with E-state index in [1.807, 2.05) is 0 Å². The zero-order valence-electron chi connectivity index (χ0n) is 10.6. The zero-order valence-corrected chi connectivity index (χ0v) is 12.2. The van der Waals surface area contributed by atoms with Crippen molar-refractivity contribution < 1.29 is 21.6 Å². The van der Waals surface area contributed by atoms with Gasteiger partial charge in [-0.2, -0.15) is 13.2 Å². The van der Waals surface area contributed by atoms with Gasteiger partial charge in [-0.05, 0) is 13.0 Å². The van der Waals surface area contributed by atoms with E-state index in [2.05, 4.69) is 14.9 Å². The Morgan fingerprint density at radius 1 is 1.38 bits per heavy atom. The number of halogens is 4. The maximum Gasteiger partial charge on any atom is 0.420 e. The Kier molecular flexibility index (Phi) is 4.13. The van der Waals surface area contributed by atoms with Gasteiger partial charge in [0.2, 0.25) is 10.0 Å². The minimum absolute atomic E-state index is 0.00928. The Morgan fingerprint density at radius 3 is 2.62 bits per heavy atom. The largest absolute Gasteiger partial charge is 0.420 e. The molecule has 0 saturated heterocycles. The molecule has 0 bridgehead atoms. The van der Waals surface area contributed by atoms with Gasteiger partial charge in [-0.25, -0.2) is 13.1 Å². The second-order valence-electron chi connectivity index (χ2n) is 4.10. The normalized spacial score (nSPS) is 13.0. The molecule has 0 amide bonds. The SMILES string of the molecule is CCS(=O)(=O)NCc1nnc2c(C(F)(F)F)cc(Cl)cn12. The van der Waals surface area contributed by atoms with Crippen molar-refractivity contribution in [3.63, 3.8) is 0 Å². The van der Waals surface area contributed by atoms with Crippen LogP contribution in [0.15, 0.2) is 12.3 Å². The Labute approximate surface area is 123 Å². The van der Waals surface area contributed by atoms with Crippen LogP contribution in [-0.2, 0) is 22.7 Å². The summed E-state index contributed by atoms with van der Waals surface area (Å²) in [5, 5.41) is 6.87. The molecule has 0 spiro atoms. The summed E-state index contributed by atoms with van der Waals surface area (Å²) in [6.45, 7) is 1.15. The van der Waals surface area contributed by atoms with Gasteiger partial charge in [-0.3, -0.25) is 4.40 Å². The summed E-state index contributed by atoms with van der Waals surface area (Å²) in [4.78, 5) is 0. The highest BCUT2D eigenvalue weighted by Crippen LogP contribution is 2.33. The van der Waals surface area contributed by atoms with Gasteiger partial charge >= 0.3 is 6.18 Å². The number of hydrogen-bond donors (Lipinski definition) is 1. The molecular formula is C10H10ClF3N4O2S. The van der Waals surface area contributed by atoms with Crippen LogP contribution in [-0.4, -0.2) is 28.8 Å². The molecule has 6 nitrogen and oxygen atoms in total. The summed E-state index contributed by atoms with van der Waals surface area (Å²) in [6.07, 6.45) is -3.44. The fourth-order valence-electron chi connectivity index (χ4n) is 1.61. The van der Waals surface area contributed by atoms with E-state index in [1.165, 1.54) is 13.1 Å². The Balaban J connectivity index is 2.47. The zero-order chi connectivity index (χ0) is 15.8. The van der Waals surface area contributed by atoms with Crippen LogP contribution < -0.4 is 4.72 Å². The standard InChI is InChI=1S/C10H10ClF3N4O2S/c1-2-21(19,20)15-4-8-16-17-9-7(10(12,13)14)3-6(11)5-18(8)9/h3,5,15H,2,4H2,1H3. The fraction of sp³-hybridized carbons (Fsp3) is 0.400. The molecule has 2 rings (SSSR count). The van der Waals surface area contributed by atoms with Crippen molar-refractivity contribution in [1.82, 2.24) is 19.3 Å². The lowest BCUT2D eigenvalue weighted by atomic mass is 10.2. The smallest absolute Gasteiger partial charge is 0.283 e. The topological polar surface area (TPSA) is 76.4 Å². The summed E-state index contributed by atoms with van der Waals surface area (Å²) in [6, 6.07) is 0.742. The van der Waals surface area contributed by atoms with Crippen molar-refractivity contribution in [2.45, 2.75) is 19.6 Å². The molecule has 0 aromatic carbocycles. The molecule has 0 fully saturated rings. The third kappa shape index (κ3) is 3.44. The Bertz CT molecular complexity index is 772. The summed E-state index contributed by atoms with van der Waals surface area (Å²) in [7, 11) is -3.50. The predicted octanol–water partition coefficient (Wildman–Crippen LogP) is 1.84. The van der Waals surface area contributed by atoms with Crippen molar-refractivity contribution in [2.75, 3.05) is 5.75 Å². The van der Waals surface area contributed by atoms with Gasteiger partial charge in [0.25, 0.3) is 0 Å². The van der Waals surface area contributed by atoms with Crippen LogP contribution in [0.2, 0.25) is 5.02 Å². The molecule has 0 atom stereocenters. The molecule has 1 N–H and O–H groups in total. The van der Waals surface area contributed by atoms with Crippen LogP contribution in [0.5, 0.6) is 0 Å². The third-order valence-electron chi connectivity index (χ3n) is 2.68. The summed E-state index contributed by atoms with van der Waals surface area (Å²) in [5.74, 6) is -0.145. The van der Waals surface area contributed by atoms with E-state index >= 15 is 0 Å². The van der Waals surface area contributed by atoms with Crippen LogP contribution in [0.4, 0.5) is 13.2 Å². The number of hydrogen-bond acceptors (Lipinski definition) is 4.